The van der Waals surface area contributed by atoms with Gasteiger partial charge in [0.15, 0.2) is 15.6 Å². The number of hydrogen-bond acceptors (Lipinski definition) is 5. The maximum absolute atomic E-state index is 5.98. The molecule has 0 unspecified atom stereocenters. The first-order valence-electron chi connectivity index (χ1n) is 5.52. The molecule has 0 amide bonds. The van der Waals surface area contributed by atoms with Crippen LogP contribution in [-0.4, -0.2) is 14.2 Å². The number of hydrogen-bond donors (Lipinski definition) is 0. The Balaban J connectivity index is 2.16. The van der Waals surface area contributed by atoms with Crippen molar-refractivity contribution >= 4 is 38.3 Å². The van der Waals surface area contributed by atoms with Crippen molar-refractivity contribution in [3.63, 3.8) is 0 Å². The molecule has 0 atom stereocenters. The van der Waals surface area contributed by atoms with Crippen molar-refractivity contribution in [3.8, 4) is 5.69 Å². The van der Waals surface area contributed by atoms with Crippen molar-refractivity contribution in [1.82, 2.24) is 14.2 Å². The van der Waals surface area contributed by atoms with Crippen molar-refractivity contribution < 1.29 is 0 Å². The fourth-order valence-corrected chi connectivity index (χ4v) is 3.63. The molecule has 7 heteroatoms. The molecule has 2 aromatic heterocycles. The van der Waals surface area contributed by atoms with Gasteiger partial charge in [0.1, 0.15) is 0 Å². The molecule has 3 aromatic rings. The molecular weight excluding hydrogens is 300 g/mol. The molecule has 4 nitrogen and oxygen atoms in total. The van der Waals surface area contributed by atoms with E-state index in [1.807, 2.05) is 43.3 Å². The summed E-state index contributed by atoms with van der Waals surface area (Å²) in [6.07, 6.45) is 0. The Kier molecular flexibility index (Phi) is 3.46. The average Bonchev–Trinajstić information content (AvgIpc) is 2.98. The molecule has 3 rings (SSSR count). The van der Waals surface area contributed by atoms with Gasteiger partial charge in [-0.3, -0.25) is 0 Å². The first-order valence-corrected chi connectivity index (χ1v) is 8.01. The van der Waals surface area contributed by atoms with E-state index in [4.69, 9.17) is 11.6 Å². The Morgan fingerprint density at radius 2 is 2.05 bits per heavy atom. The number of halogens is 1. The van der Waals surface area contributed by atoms with Crippen LogP contribution < -0.4 is 4.67 Å². The summed E-state index contributed by atoms with van der Waals surface area (Å²) in [5.41, 5.74) is 1.88. The fourth-order valence-electron chi connectivity index (χ4n) is 1.65. The topological polar surface area (TPSA) is 43.1 Å². The molecule has 0 bridgehead atoms. The molecular formula is C12H9ClN4S2. The Bertz CT molecular complexity index is 757. The summed E-state index contributed by atoms with van der Waals surface area (Å²) < 4.78 is 6.54. The van der Waals surface area contributed by atoms with Crippen molar-refractivity contribution in [3.05, 3.63) is 51.9 Å². The van der Waals surface area contributed by atoms with E-state index in [1.54, 1.807) is 4.68 Å². The normalized spacial score (nSPS) is 12.0. The second-order valence-corrected chi connectivity index (χ2v) is 6.04. The number of aryl methyl sites for hydroxylation is 1. The SMILES string of the molecule is Cc1cc(N=c2ssnc2Cl)n(-c2ccccc2)n1. The van der Waals surface area contributed by atoms with Gasteiger partial charge in [0.05, 0.1) is 11.4 Å². The number of rotatable bonds is 2. The van der Waals surface area contributed by atoms with Crippen molar-refractivity contribution in [1.29, 1.82) is 0 Å². The zero-order valence-electron chi connectivity index (χ0n) is 9.95. The highest BCUT2D eigenvalue weighted by atomic mass is 35.5. The summed E-state index contributed by atoms with van der Waals surface area (Å²) in [6, 6.07) is 11.8. The molecule has 0 saturated carbocycles. The molecule has 0 fully saturated rings. The summed E-state index contributed by atoms with van der Waals surface area (Å²) in [7, 11) is 2.78. The van der Waals surface area contributed by atoms with Crippen molar-refractivity contribution in [2.45, 2.75) is 6.92 Å². The Labute approximate surface area is 122 Å². The number of aromatic nitrogens is 3. The highest BCUT2D eigenvalue weighted by Gasteiger charge is 2.07. The minimum absolute atomic E-state index is 0.438. The molecule has 2 heterocycles. The van der Waals surface area contributed by atoms with Crippen LogP contribution in [0.5, 0.6) is 0 Å². The van der Waals surface area contributed by atoms with Gasteiger partial charge in [0.25, 0.3) is 0 Å². The van der Waals surface area contributed by atoms with E-state index >= 15 is 0 Å². The van der Waals surface area contributed by atoms with Gasteiger partial charge in [-0.1, -0.05) is 29.8 Å². The molecule has 0 aliphatic rings. The lowest BCUT2D eigenvalue weighted by atomic mass is 10.3. The molecule has 96 valence electrons. The van der Waals surface area contributed by atoms with Crippen LogP contribution in [0, 0.1) is 6.92 Å². The van der Waals surface area contributed by atoms with Crippen LogP contribution in [0.2, 0.25) is 5.15 Å². The quantitative estimate of drug-likeness (QED) is 0.679. The minimum Gasteiger partial charge on any atom is -0.215 e. The van der Waals surface area contributed by atoms with Crippen LogP contribution in [-0.2, 0) is 0 Å². The molecule has 0 spiro atoms. The third kappa shape index (κ3) is 2.60. The molecule has 0 N–H and O–H groups in total. The lowest BCUT2D eigenvalue weighted by molar-refractivity contribution is 0.860. The van der Waals surface area contributed by atoms with Crippen LogP contribution >= 0.6 is 32.5 Å². The minimum atomic E-state index is 0.438. The van der Waals surface area contributed by atoms with Gasteiger partial charge >= 0.3 is 0 Å². The van der Waals surface area contributed by atoms with Crippen molar-refractivity contribution in [2.24, 2.45) is 4.99 Å². The van der Waals surface area contributed by atoms with Gasteiger partial charge in [-0.05, 0) is 29.4 Å². The van der Waals surface area contributed by atoms with E-state index in [0.717, 1.165) is 17.2 Å². The van der Waals surface area contributed by atoms with Gasteiger partial charge in [-0.25, -0.2) is 9.67 Å². The second kappa shape index (κ2) is 5.24. The van der Waals surface area contributed by atoms with Gasteiger partial charge in [-0.2, -0.15) is 9.47 Å². The summed E-state index contributed by atoms with van der Waals surface area (Å²) in [4.78, 5) is 4.53. The summed E-state index contributed by atoms with van der Waals surface area (Å²) in [6.45, 7) is 1.94. The fraction of sp³-hybridized carbons (Fsp3) is 0.0833. The van der Waals surface area contributed by atoms with Crippen molar-refractivity contribution in [2.75, 3.05) is 0 Å². The Morgan fingerprint density at radius 1 is 1.26 bits per heavy atom. The third-order valence-corrected chi connectivity index (χ3v) is 4.61. The molecule has 19 heavy (non-hydrogen) atoms. The largest absolute Gasteiger partial charge is 0.215 e. The highest BCUT2D eigenvalue weighted by molar-refractivity contribution is 7.66. The van der Waals surface area contributed by atoms with E-state index in [-0.39, 0.29) is 0 Å². The first kappa shape index (κ1) is 12.5. The van der Waals surface area contributed by atoms with Crippen LogP contribution in [0.15, 0.2) is 41.4 Å². The van der Waals surface area contributed by atoms with Gasteiger partial charge in [0.2, 0.25) is 0 Å². The summed E-state index contributed by atoms with van der Waals surface area (Å²) in [5, 5.41) is 4.90. The predicted molar refractivity (Wildman–Crippen MR) is 78.5 cm³/mol. The van der Waals surface area contributed by atoms with E-state index in [1.165, 1.54) is 20.9 Å². The van der Waals surface area contributed by atoms with E-state index in [9.17, 15) is 0 Å². The average molecular weight is 309 g/mol. The standard InChI is InChI=1S/C12H9ClN4S2/c1-8-7-10(14-12-11(13)16-19-18-12)17(15-8)9-5-3-2-4-6-9/h2-7H,1H3. The molecule has 1 aromatic carbocycles. The number of nitrogens with zero attached hydrogens (tertiary/aromatic N) is 4. The zero-order valence-corrected chi connectivity index (χ0v) is 12.3. The van der Waals surface area contributed by atoms with E-state index in [0.29, 0.717) is 9.82 Å². The van der Waals surface area contributed by atoms with Gasteiger partial charge < -0.3 is 0 Å². The molecule has 0 aliphatic heterocycles. The monoisotopic (exact) mass is 308 g/mol. The Hall–Kier alpha value is -1.50. The maximum Gasteiger partial charge on any atom is 0.179 e. The smallest absolute Gasteiger partial charge is 0.179 e. The van der Waals surface area contributed by atoms with Crippen LogP contribution in [0.4, 0.5) is 5.82 Å². The lowest BCUT2D eigenvalue weighted by Gasteiger charge is -2.02. The third-order valence-electron chi connectivity index (χ3n) is 2.44. The molecule has 0 aliphatic carbocycles. The highest BCUT2D eigenvalue weighted by Crippen LogP contribution is 2.20. The van der Waals surface area contributed by atoms with E-state index < -0.39 is 0 Å². The summed E-state index contributed by atoms with van der Waals surface area (Å²) in [5.74, 6) is 0.752. The predicted octanol–water partition coefficient (Wildman–Crippen LogP) is 3.58. The van der Waals surface area contributed by atoms with Crippen LogP contribution in [0.25, 0.3) is 5.69 Å². The number of benzene rings is 1. The first-order chi connectivity index (χ1) is 9.24. The van der Waals surface area contributed by atoms with Crippen LogP contribution in [0.1, 0.15) is 5.69 Å². The lowest BCUT2D eigenvalue weighted by Crippen LogP contribution is -1.99. The number of para-hydroxylation sites is 1. The van der Waals surface area contributed by atoms with Gasteiger partial charge in [0, 0.05) is 16.6 Å². The zero-order chi connectivity index (χ0) is 13.2. The summed E-state index contributed by atoms with van der Waals surface area (Å²) >= 11 is 5.98. The molecule has 0 radical (unpaired) electrons. The maximum atomic E-state index is 5.98. The Morgan fingerprint density at radius 3 is 2.74 bits per heavy atom. The molecule has 0 saturated heterocycles. The van der Waals surface area contributed by atoms with Gasteiger partial charge in [-0.15, -0.1) is 0 Å². The van der Waals surface area contributed by atoms with E-state index in [2.05, 4.69) is 14.5 Å². The second-order valence-electron chi connectivity index (χ2n) is 3.85. The van der Waals surface area contributed by atoms with Crippen LogP contribution in [0.3, 0.4) is 0 Å².